The van der Waals surface area contributed by atoms with E-state index in [0.29, 0.717) is 12.1 Å². The van der Waals surface area contributed by atoms with Crippen LogP contribution in [0.3, 0.4) is 0 Å². The number of ether oxygens (including phenoxy) is 1. The predicted octanol–water partition coefficient (Wildman–Crippen LogP) is 3.22. The Kier molecular flexibility index (Phi) is 6.37. The van der Waals surface area contributed by atoms with E-state index in [1.54, 1.807) is 0 Å². The number of nitrogens with one attached hydrogen (secondary N) is 1. The predicted molar refractivity (Wildman–Crippen MR) is 69.7 cm³/mol. The van der Waals surface area contributed by atoms with E-state index in [2.05, 4.69) is 26.1 Å². The molecular formula is C14H29NO. The van der Waals surface area contributed by atoms with Gasteiger partial charge >= 0.3 is 0 Å². The van der Waals surface area contributed by atoms with Crippen molar-refractivity contribution in [3.63, 3.8) is 0 Å². The van der Waals surface area contributed by atoms with Gasteiger partial charge in [0.05, 0.1) is 6.10 Å². The van der Waals surface area contributed by atoms with Crippen LogP contribution in [0.25, 0.3) is 0 Å². The molecule has 96 valence electrons. The van der Waals surface area contributed by atoms with Crippen molar-refractivity contribution in [2.24, 2.45) is 11.8 Å². The van der Waals surface area contributed by atoms with E-state index in [1.807, 2.05) is 7.11 Å². The second-order valence-electron chi connectivity index (χ2n) is 5.53. The molecule has 0 aliphatic heterocycles. The summed E-state index contributed by atoms with van der Waals surface area (Å²) in [4.78, 5) is 0. The highest BCUT2D eigenvalue weighted by molar-refractivity contribution is 4.90. The van der Waals surface area contributed by atoms with Gasteiger partial charge in [-0.25, -0.2) is 0 Å². The molecular weight excluding hydrogens is 198 g/mol. The molecule has 1 N–H and O–H groups in total. The van der Waals surface area contributed by atoms with Gasteiger partial charge in [0, 0.05) is 13.2 Å². The van der Waals surface area contributed by atoms with Crippen LogP contribution in [0.5, 0.6) is 0 Å². The molecule has 1 rings (SSSR count). The number of hydrogen-bond donors (Lipinski definition) is 1. The summed E-state index contributed by atoms with van der Waals surface area (Å²) in [5, 5.41) is 3.60. The lowest BCUT2D eigenvalue weighted by atomic mass is 9.97. The van der Waals surface area contributed by atoms with Gasteiger partial charge in [0.15, 0.2) is 0 Å². The first-order chi connectivity index (χ1) is 7.69. The lowest BCUT2D eigenvalue weighted by Gasteiger charge is -2.27. The molecule has 1 aliphatic carbocycles. The molecule has 0 aromatic heterocycles. The van der Waals surface area contributed by atoms with E-state index < -0.39 is 0 Å². The molecule has 2 unspecified atom stereocenters. The Morgan fingerprint density at radius 2 is 1.94 bits per heavy atom. The molecule has 0 spiro atoms. The van der Waals surface area contributed by atoms with Crippen molar-refractivity contribution in [3.8, 4) is 0 Å². The Hall–Kier alpha value is -0.0800. The van der Waals surface area contributed by atoms with Gasteiger partial charge in [-0.3, -0.25) is 0 Å². The first-order valence-corrected chi connectivity index (χ1v) is 6.95. The average Bonchev–Trinajstić information content (AvgIpc) is 3.02. The molecule has 2 heteroatoms. The Balaban J connectivity index is 2.32. The van der Waals surface area contributed by atoms with Crippen LogP contribution in [0.1, 0.15) is 52.9 Å². The molecule has 0 aromatic carbocycles. The van der Waals surface area contributed by atoms with Crippen LogP contribution in [0.15, 0.2) is 0 Å². The van der Waals surface area contributed by atoms with Crippen LogP contribution in [-0.4, -0.2) is 25.8 Å². The largest absolute Gasteiger partial charge is 0.380 e. The van der Waals surface area contributed by atoms with Gasteiger partial charge in [0.2, 0.25) is 0 Å². The zero-order chi connectivity index (χ0) is 12.0. The molecule has 16 heavy (non-hydrogen) atoms. The summed E-state index contributed by atoms with van der Waals surface area (Å²) in [5.41, 5.74) is 0. The SMILES string of the molecule is CCNC(CCCC(C)C)C(OC)C1CC1. The van der Waals surface area contributed by atoms with Crippen LogP contribution in [0.2, 0.25) is 0 Å². The maximum Gasteiger partial charge on any atom is 0.0752 e. The lowest BCUT2D eigenvalue weighted by molar-refractivity contribution is 0.0478. The van der Waals surface area contributed by atoms with Crippen molar-refractivity contribution in [3.05, 3.63) is 0 Å². The van der Waals surface area contributed by atoms with Crippen LogP contribution >= 0.6 is 0 Å². The molecule has 2 nitrogen and oxygen atoms in total. The maximum absolute atomic E-state index is 5.68. The minimum atomic E-state index is 0.451. The highest BCUT2D eigenvalue weighted by Crippen LogP contribution is 2.36. The normalized spacial score (nSPS) is 20.1. The Labute approximate surface area is 101 Å². The highest BCUT2D eigenvalue weighted by Gasteiger charge is 2.36. The summed E-state index contributed by atoms with van der Waals surface area (Å²) >= 11 is 0. The summed E-state index contributed by atoms with van der Waals surface area (Å²) in [6, 6.07) is 0.571. The van der Waals surface area contributed by atoms with Crippen LogP contribution in [0.4, 0.5) is 0 Å². The van der Waals surface area contributed by atoms with Crippen LogP contribution in [-0.2, 0) is 4.74 Å². The Bertz CT molecular complexity index is 178. The second-order valence-corrected chi connectivity index (χ2v) is 5.53. The van der Waals surface area contributed by atoms with E-state index in [9.17, 15) is 0 Å². The van der Waals surface area contributed by atoms with E-state index in [-0.39, 0.29) is 0 Å². The topological polar surface area (TPSA) is 21.3 Å². The minimum Gasteiger partial charge on any atom is -0.380 e. The second kappa shape index (κ2) is 7.29. The van der Waals surface area contributed by atoms with Gasteiger partial charge in [0.1, 0.15) is 0 Å². The van der Waals surface area contributed by atoms with Gasteiger partial charge in [0.25, 0.3) is 0 Å². The highest BCUT2D eigenvalue weighted by atomic mass is 16.5. The third-order valence-corrected chi connectivity index (χ3v) is 3.52. The monoisotopic (exact) mass is 227 g/mol. The molecule has 0 heterocycles. The molecule has 1 aliphatic rings. The quantitative estimate of drug-likeness (QED) is 0.653. The molecule has 0 saturated heterocycles. The van der Waals surface area contributed by atoms with Gasteiger partial charge < -0.3 is 10.1 Å². The van der Waals surface area contributed by atoms with Crippen LogP contribution in [0, 0.1) is 11.8 Å². The fraction of sp³-hybridized carbons (Fsp3) is 1.00. The van der Waals surface area contributed by atoms with Crippen molar-refractivity contribution in [1.29, 1.82) is 0 Å². The molecule has 1 saturated carbocycles. The number of methoxy groups -OCH3 is 1. The first kappa shape index (κ1) is 14.0. The maximum atomic E-state index is 5.68. The zero-order valence-electron chi connectivity index (χ0n) is 11.5. The van der Waals surface area contributed by atoms with Crippen molar-refractivity contribution >= 4 is 0 Å². The smallest absolute Gasteiger partial charge is 0.0752 e. The minimum absolute atomic E-state index is 0.451. The summed E-state index contributed by atoms with van der Waals surface area (Å²) < 4.78 is 5.68. The van der Waals surface area contributed by atoms with E-state index in [0.717, 1.165) is 18.4 Å². The summed E-state index contributed by atoms with van der Waals surface area (Å²) in [6.45, 7) is 7.85. The number of rotatable bonds is 9. The average molecular weight is 227 g/mol. The molecule has 0 amide bonds. The standard InChI is InChI=1S/C14H29NO/c1-5-15-13(8-6-7-11(2)3)14(16-4)12-9-10-12/h11-15H,5-10H2,1-4H3. The third kappa shape index (κ3) is 4.84. The van der Waals surface area contributed by atoms with E-state index >= 15 is 0 Å². The molecule has 0 bridgehead atoms. The van der Waals surface area contributed by atoms with Crippen molar-refractivity contribution in [2.75, 3.05) is 13.7 Å². The number of hydrogen-bond acceptors (Lipinski definition) is 2. The Morgan fingerprint density at radius 3 is 2.38 bits per heavy atom. The Morgan fingerprint density at radius 1 is 1.25 bits per heavy atom. The van der Waals surface area contributed by atoms with E-state index in [4.69, 9.17) is 4.74 Å². The van der Waals surface area contributed by atoms with Crippen LogP contribution < -0.4 is 5.32 Å². The van der Waals surface area contributed by atoms with Gasteiger partial charge in [-0.2, -0.15) is 0 Å². The van der Waals surface area contributed by atoms with Gasteiger partial charge in [-0.1, -0.05) is 33.6 Å². The van der Waals surface area contributed by atoms with Crippen molar-refractivity contribution < 1.29 is 4.74 Å². The zero-order valence-corrected chi connectivity index (χ0v) is 11.5. The number of likely N-dealkylation sites (N-methyl/N-ethyl adjacent to an activating group) is 1. The third-order valence-electron chi connectivity index (χ3n) is 3.52. The summed E-state index contributed by atoms with van der Waals surface area (Å²) in [6.07, 6.45) is 7.10. The summed E-state index contributed by atoms with van der Waals surface area (Å²) in [5.74, 6) is 1.65. The molecule has 0 radical (unpaired) electrons. The fourth-order valence-electron chi connectivity index (χ4n) is 2.50. The van der Waals surface area contributed by atoms with E-state index in [1.165, 1.54) is 32.1 Å². The molecule has 2 atom stereocenters. The van der Waals surface area contributed by atoms with Crippen molar-refractivity contribution in [1.82, 2.24) is 5.32 Å². The fourth-order valence-corrected chi connectivity index (χ4v) is 2.50. The van der Waals surface area contributed by atoms with Crippen molar-refractivity contribution in [2.45, 2.75) is 65.0 Å². The summed E-state index contributed by atoms with van der Waals surface area (Å²) in [7, 11) is 1.87. The van der Waals surface area contributed by atoms with Gasteiger partial charge in [-0.15, -0.1) is 0 Å². The molecule has 1 fully saturated rings. The first-order valence-electron chi connectivity index (χ1n) is 6.95. The van der Waals surface area contributed by atoms with Gasteiger partial charge in [-0.05, 0) is 37.6 Å². The molecule has 0 aromatic rings. The lowest BCUT2D eigenvalue weighted by Crippen LogP contribution is -2.42.